The SMILES string of the molecule is CC(C(=O)Nc1ccc2c(c1)N(CCCOc1ccccc1)C(=O)CO2)N1C(=O)c2ccccc2C1=O. The zero-order valence-corrected chi connectivity index (χ0v) is 20.2. The standard InChI is InChI=1S/C28H25N3O6/c1-18(31-27(34)21-10-5-6-11-22(21)28(31)35)26(33)29-19-12-13-24-23(16-19)30(25(32)17-37-24)14-7-15-36-20-8-3-2-4-9-20/h2-6,8-13,16,18H,7,14-15,17H2,1H3,(H,29,33). The summed E-state index contributed by atoms with van der Waals surface area (Å²) in [6, 6.07) is 19.9. The van der Waals surface area contributed by atoms with E-state index in [-0.39, 0.29) is 23.6 Å². The van der Waals surface area contributed by atoms with Gasteiger partial charge in [-0.05, 0) is 55.8 Å². The van der Waals surface area contributed by atoms with Crippen molar-refractivity contribution in [3.05, 3.63) is 83.9 Å². The van der Waals surface area contributed by atoms with Gasteiger partial charge in [0.15, 0.2) is 6.61 Å². The highest BCUT2D eigenvalue weighted by atomic mass is 16.5. The van der Waals surface area contributed by atoms with Crippen molar-refractivity contribution in [3.8, 4) is 11.5 Å². The fourth-order valence-corrected chi connectivity index (χ4v) is 4.38. The van der Waals surface area contributed by atoms with Crippen LogP contribution in [0.5, 0.6) is 11.5 Å². The van der Waals surface area contributed by atoms with Crippen molar-refractivity contribution in [2.45, 2.75) is 19.4 Å². The molecule has 0 bridgehead atoms. The van der Waals surface area contributed by atoms with Crippen LogP contribution in [0.25, 0.3) is 0 Å². The summed E-state index contributed by atoms with van der Waals surface area (Å²) in [7, 11) is 0. The minimum Gasteiger partial charge on any atom is -0.494 e. The van der Waals surface area contributed by atoms with Gasteiger partial charge in [-0.1, -0.05) is 30.3 Å². The van der Waals surface area contributed by atoms with Gasteiger partial charge in [0.2, 0.25) is 5.91 Å². The Kier molecular flexibility index (Phi) is 6.59. The van der Waals surface area contributed by atoms with Crippen LogP contribution in [-0.4, -0.2) is 54.3 Å². The molecule has 2 aliphatic heterocycles. The Morgan fingerprint density at radius 1 is 0.973 bits per heavy atom. The first kappa shape index (κ1) is 24.1. The first-order valence-corrected chi connectivity index (χ1v) is 12.0. The lowest BCUT2D eigenvalue weighted by Crippen LogP contribution is -2.45. The lowest BCUT2D eigenvalue weighted by Gasteiger charge is -2.30. The van der Waals surface area contributed by atoms with Crippen molar-refractivity contribution in [1.29, 1.82) is 0 Å². The monoisotopic (exact) mass is 499 g/mol. The Hall–Kier alpha value is -4.66. The number of carbonyl (C=O) groups excluding carboxylic acids is 4. The Morgan fingerprint density at radius 2 is 1.65 bits per heavy atom. The number of fused-ring (bicyclic) bond motifs is 2. The molecule has 2 heterocycles. The summed E-state index contributed by atoms with van der Waals surface area (Å²) in [5.74, 6) is -0.452. The van der Waals surface area contributed by atoms with Gasteiger partial charge in [-0.3, -0.25) is 24.1 Å². The first-order chi connectivity index (χ1) is 17.9. The fraction of sp³-hybridized carbons (Fsp3) is 0.214. The van der Waals surface area contributed by atoms with Crippen LogP contribution >= 0.6 is 0 Å². The third-order valence-corrected chi connectivity index (χ3v) is 6.30. The lowest BCUT2D eigenvalue weighted by atomic mass is 10.1. The molecule has 9 heteroatoms. The molecule has 0 saturated carbocycles. The quantitative estimate of drug-likeness (QED) is 0.376. The third kappa shape index (κ3) is 4.75. The van der Waals surface area contributed by atoms with Crippen LogP contribution in [0, 0.1) is 0 Å². The molecule has 3 aromatic rings. The average Bonchev–Trinajstić information content (AvgIpc) is 3.17. The number of nitrogens with one attached hydrogen (secondary N) is 1. The van der Waals surface area contributed by atoms with Crippen molar-refractivity contribution in [1.82, 2.24) is 4.90 Å². The zero-order chi connectivity index (χ0) is 25.9. The van der Waals surface area contributed by atoms with Crippen molar-refractivity contribution in [2.75, 3.05) is 30.0 Å². The van der Waals surface area contributed by atoms with E-state index in [2.05, 4.69) is 5.32 Å². The second kappa shape index (κ2) is 10.1. The molecule has 1 unspecified atom stereocenters. The van der Waals surface area contributed by atoms with Gasteiger partial charge in [-0.25, -0.2) is 0 Å². The molecule has 4 amide bonds. The molecule has 0 saturated heterocycles. The van der Waals surface area contributed by atoms with E-state index < -0.39 is 23.8 Å². The maximum absolute atomic E-state index is 13.0. The second-order valence-corrected chi connectivity index (χ2v) is 8.72. The van der Waals surface area contributed by atoms with Crippen molar-refractivity contribution >= 4 is 35.0 Å². The van der Waals surface area contributed by atoms with Crippen LogP contribution in [0.4, 0.5) is 11.4 Å². The summed E-state index contributed by atoms with van der Waals surface area (Å²) in [4.78, 5) is 53.7. The Balaban J connectivity index is 1.26. The normalized spacial score (nSPS) is 15.1. The van der Waals surface area contributed by atoms with Crippen molar-refractivity contribution in [3.63, 3.8) is 0 Å². The van der Waals surface area contributed by atoms with E-state index in [1.54, 1.807) is 47.4 Å². The molecule has 1 N–H and O–H groups in total. The van der Waals surface area contributed by atoms with Crippen molar-refractivity contribution < 1.29 is 28.7 Å². The summed E-state index contributed by atoms with van der Waals surface area (Å²) < 4.78 is 11.3. The van der Waals surface area contributed by atoms with Crippen molar-refractivity contribution in [2.24, 2.45) is 0 Å². The number of nitrogens with zero attached hydrogens (tertiary/aromatic N) is 2. The van der Waals surface area contributed by atoms with E-state index in [4.69, 9.17) is 9.47 Å². The number of anilines is 2. The van der Waals surface area contributed by atoms with Gasteiger partial charge in [-0.2, -0.15) is 0 Å². The maximum atomic E-state index is 13.0. The van der Waals surface area contributed by atoms with E-state index in [0.717, 1.165) is 10.6 Å². The Bertz CT molecular complexity index is 1340. The van der Waals surface area contributed by atoms with Crippen LogP contribution in [0.15, 0.2) is 72.8 Å². The predicted molar refractivity (Wildman–Crippen MR) is 136 cm³/mol. The number of amides is 4. The predicted octanol–water partition coefficient (Wildman–Crippen LogP) is 3.50. The third-order valence-electron chi connectivity index (χ3n) is 6.30. The Morgan fingerprint density at radius 3 is 2.35 bits per heavy atom. The number of imide groups is 1. The van der Waals surface area contributed by atoms with Crippen LogP contribution in [-0.2, 0) is 9.59 Å². The molecule has 5 rings (SSSR count). The highest BCUT2D eigenvalue weighted by Gasteiger charge is 2.40. The molecular formula is C28H25N3O6. The van der Waals surface area contributed by atoms with E-state index in [9.17, 15) is 19.2 Å². The molecule has 0 fully saturated rings. The fourth-order valence-electron chi connectivity index (χ4n) is 4.38. The van der Waals surface area contributed by atoms with Gasteiger partial charge in [0, 0.05) is 12.2 Å². The molecule has 0 radical (unpaired) electrons. The van der Waals surface area contributed by atoms with E-state index >= 15 is 0 Å². The summed E-state index contributed by atoms with van der Waals surface area (Å²) in [5.41, 5.74) is 1.50. The van der Waals surface area contributed by atoms with E-state index in [1.165, 1.54) is 6.92 Å². The molecule has 3 aromatic carbocycles. The van der Waals surface area contributed by atoms with Crippen LogP contribution in [0.1, 0.15) is 34.1 Å². The van der Waals surface area contributed by atoms with Gasteiger partial charge in [-0.15, -0.1) is 0 Å². The largest absolute Gasteiger partial charge is 0.494 e. The molecule has 1 atom stereocenters. The topological polar surface area (TPSA) is 105 Å². The molecule has 2 aliphatic rings. The number of para-hydroxylation sites is 1. The molecule has 37 heavy (non-hydrogen) atoms. The summed E-state index contributed by atoms with van der Waals surface area (Å²) >= 11 is 0. The molecule has 9 nitrogen and oxygen atoms in total. The summed E-state index contributed by atoms with van der Waals surface area (Å²) in [6.07, 6.45) is 0.591. The zero-order valence-electron chi connectivity index (χ0n) is 20.2. The number of hydrogen-bond donors (Lipinski definition) is 1. The number of rotatable bonds is 8. The van der Waals surface area contributed by atoms with E-state index in [0.29, 0.717) is 36.7 Å². The van der Waals surface area contributed by atoms with Crippen LogP contribution in [0.3, 0.4) is 0 Å². The minimum absolute atomic E-state index is 0.0744. The number of benzene rings is 3. The second-order valence-electron chi connectivity index (χ2n) is 8.72. The maximum Gasteiger partial charge on any atom is 0.265 e. The van der Waals surface area contributed by atoms with Gasteiger partial charge < -0.3 is 19.7 Å². The lowest BCUT2D eigenvalue weighted by molar-refractivity contribution is -0.121. The highest BCUT2D eigenvalue weighted by molar-refractivity contribution is 6.23. The molecular weight excluding hydrogens is 474 g/mol. The number of carbonyl (C=O) groups is 4. The summed E-state index contributed by atoms with van der Waals surface area (Å²) in [5, 5.41) is 2.76. The Labute approximate surface area is 213 Å². The van der Waals surface area contributed by atoms with Crippen LogP contribution in [0.2, 0.25) is 0 Å². The van der Waals surface area contributed by atoms with Gasteiger partial charge in [0.05, 0.1) is 23.4 Å². The first-order valence-electron chi connectivity index (χ1n) is 12.0. The summed E-state index contributed by atoms with van der Waals surface area (Å²) in [6.45, 7) is 2.26. The molecule has 0 aliphatic carbocycles. The number of ether oxygens (including phenoxy) is 2. The minimum atomic E-state index is -1.03. The number of hydrogen-bond acceptors (Lipinski definition) is 6. The van der Waals surface area contributed by atoms with Crippen LogP contribution < -0.4 is 19.7 Å². The molecule has 188 valence electrons. The average molecular weight is 500 g/mol. The van der Waals surface area contributed by atoms with Gasteiger partial charge in [0.25, 0.3) is 17.7 Å². The van der Waals surface area contributed by atoms with E-state index in [1.807, 2.05) is 30.3 Å². The smallest absolute Gasteiger partial charge is 0.265 e. The molecule has 0 aromatic heterocycles. The van der Waals surface area contributed by atoms with Gasteiger partial charge >= 0.3 is 0 Å². The molecule has 0 spiro atoms. The van der Waals surface area contributed by atoms with Gasteiger partial charge in [0.1, 0.15) is 17.5 Å². The highest BCUT2D eigenvalue weighted by Crippen LogP contribution is 2.35.